The molecule has 0 amide bonds. The first-order valence-electron chi connectivity index (χ1n) is 7.26. The first-order chi connectivity index (χ1) is 9.34. The van der Waals surface area contributed by atoms with Crippen LogP contribution in [0.4, 0.5) is 0 Å². The number of aromatic amines is 1. The molecule has 0 saturated carbocycles. The van der Waals surface area contributed by atoms with Crippen LogP contribution in [0.5, 0.6) is 0 Å². The molecule has 0 unspecified atom stereocenters. The van der Waals surface area contributed by atoms with Gasteiger partial charge < -0.3 is 0 Å². The molecule has 108 valence electrons. The van der Waals surface area contributed by atoms with E-state index in [1.165, 1.54) is 5.56 Å². The molecule has 0 radical (unpaired) electrons. The van der Waals surface area contributed by atoms with E-state index in [9.17, 15) is 4.79 Å². The van der Waals surface area contributed by atoms with Crippen LogP contribution in [0.1, 0.15) is 45.4 Å². The Bertz CT molecular complexity index is 639. The third-order valence-corrected chi connectivity index (χ3v) is 3.48. The Morgan fingerprint density at radius 2 is 1.75 bits per heavy atom. The number of nitrogens with one attached hydrogen (secondary N) is 1. The maximum absolute atomic E-state index is 12.7. The Kier molecular flexibility index (Phi) is 3.89. The maximum Gasteiger partial charge on any atom is 0.275 e. The fourth-order valence-electron chi connectivity index (χ4n) is 2.40. The predicted octanol–water partition coefficient (Wildman–Crippen LogP) is 3.86. The Morgan fingerprint density at radius 3 is 2.25 bits per heavy atom. The van der Waals surface area contributed by atoms with E-state index in [1.54, 1.807) is 4.68 Å². The SMILES string of the molecule is CCCc1[nH]n(C(C)(C)C)c(=O)c1-c1ccc(C)cc1. The molecule has 0 bridgehead atoms. The molecule has 0 aliphatic rings. The average molecular weight is 272 g/mol. The zero-order chi connectivity index (χ0) is 14.9. The van der Waals surface area contributed by atoms with Gasteiger partial charge in [0.15, 0.2) is 0 Å². The zero-order valence-electron chi connectivity index (χ0n) is 13.1. The standard InChI is InChI=1S/C17H24N2O/c1-6-7-14-15(13-10-8-12(2)9-11-13)16(20)19(18-14)17(3,4)5/h8-11,18H,6-7H2,1-5H3. The van der Waals surface area contributed by atoms with Gasteiger partial charge in [-0.3, -0.25) is 9.89 Å². The van der Waals surface area contributed by atoms with Gasteiger partial charge in [-0.25, -0.2) is 4.68 Å². The highest BCUT2D eigenvalue weighted by molar-refractivity contribution is 5.65. The third-order valence-electron chi connectivity index (χ3n) is 3.48. The number of hydrogen-bond acceptors (Lipinski definition) is 1. The van der Waals surface area contributed by atoms with Crippen LogP contribution in [0.3, 0.4) is 0 Å². The van der Waals surface area contributed by atoms with Crippen LogP contribution < -0.4 is 5.56 Å². The number of nitrogens with zero attached hydrogens (tertiary/aromatic N) is 1. The molecule has 1 aromatic carbocycles. The molecule has 0 saturated heterocycles. The van der Waals surface area contributed by atoms with Gasteiger partial charge in [0.25, 0.3) is 5.56 Å². The molecule has 0 aliphatic heterocycles. The normalized spacial score (nSPS) is 11.8. The highest BCUT2D eigenvalue weighted by Crippen LogP contribution is 2.23. The summed E-state index contributed by atoms with van der Waals surface area (Å²) in [5, 5.41) is 3.31. The summed E-state index contributed by atoms with van der Waals surface area (Å²) in [5.74, 6) is 0. The third kappa shape index (κ3) is 2.72. The van der Waals surface area contributed by atoms with Crippen LogP contribution in [0.2, 0.25) is 0 Å². The van der Waals surface area contributed by atoms with Gasteiger partial charge in [0.2, 0.25) is 0 Å². The van der Waals surface area contributed by atoms with Crippen molar-refractivity contribution in [2.75, 3.05) is 0 Å². The van der Waals surface area contributed by atoms with Crippen LogP contribution in [-0.2, 0) is 12.0 Å². The van der Waals surface area contributed by atoms with Gasteiger partial charge in [-0.15, -0.1) is 0 Å². The van der Waals surface area contributed by atoms with E-state index < -0.39 is 0 Å². The minimum absolute atomic E-state index is 0.0739. The lowest BCUT2D eigenvalue weighted by molar-refractivity contribution is 0.343. The first-order valence-corrected chi connectivity index (χ1v) is 7.26. The molecule has 3 heteroatoms. The quantitative estimate of drug-likeness (QED) is 0.905. The van der Waals surface area contributed by atoms with E-state index in [4.69, 9.17) is 0 Å². The molecule has 20 heavy (non-hydrogen) atoms. The van der Waals surface area contributed by atoms with Crippen LogP contribution in [0, 0.1) is 6.92 Å². The number of aromatic nitrogens is 2. The van der Waals surface area contributed by atoms with Crippen molar-refractivity contribution in [2.45, 2.75) is 53.0 Å². The molecular formula is C17H24N2O. The fraction of sp³-hybridized carbons (Fsp3) is 0.471. The Hall–Kier alpha value is -1.77. The van der Waals surface area contributed by atoms with Crippen molar-refractivity contribution < 1.29 is 0 Å². The number of H-pyrrole nitrogens is 1. The van der Waals surface area contributed by atoms with Gasteiger partial charge in [-0.2, -0.15) is 0 Å². The minimum atomic E-state index is -0.234. The lowest BCUT2D eigenvalue weighted by Crippen LogP contribution is -2.32. The van der Waals surface area contributed by atoms with E-state index in [2.05, 4.69) is 31.1 Å². The van der Waals surface area contributed by atoms with E-state index in [0.717, 1.165) is 29.7 Å². The van der Waals surface area contributed by atoms with Gasteiger partial charge >= 0.3 is 0 Å². The second-order valence-corrected chi connectivity index (χ2v) is 6.39. The van der Waals surface area contributed by atoms with Gasteiger partial charge in [-0.1, -0.05) is 43.2 Å². The number of hydrogen-bond donors (Lipinski definition) is 1. The zero-order valence-corrected chi connectivity index (χ0v) is 13.1. The van der Waals surface area contributed by atoms with Crippen molar-refractivity contribution in [1.29, 1.82) is 0 Å². The van der Waals surface area contributed by atoms with Crippen molar-refractivity contribution >= 4 is 0 Å². The maximum atomic E-state index is 12.7. The Labute approximate surface area is 120 Å². The van der Waals surface area contributed by atoms with E-state index >= 15 is 0 Å². The van der Waals surface area contributed by atoms with Gasteiger partial charge in [-0.05, 0) is 39.7 Å². The highest BCUT2D eigenvalue weighted by atomic mass is 16.1. The number of rotatable bonds is 3. The van der Waals surface area contributed by atoms with Crippen LogP contribution >= 0.6 is 0 Å². The number of benzene rings is 1. The van der Waals surface area contributed by atoms with Crippen molar-refractivity contribution in [1.82, 2.24) is 9.78 Å². The summed E-state index contributed by atoms with van der Waals surface area (Å²) in [5.41, 5.74) is 3.91. The van der Waals surface area contributed by atoms with Gasteiger partial charge in [0, 0.05) is 5.69 Å². The van der Waals surface area contributed by atoms with Crippen LogP contribution in [-0.4, -0.2) is 9.78 Å². The molecule has 2 aromatic rings. The van der Waals surface area contributed by atoms with Crippen molar-refractivity contribution in [3.8, 4) is 11.1 Å². The summed E-state index contributed by atoms with van der Waals surface area (Å²) in [4.78, 5) is 12.7. The summed E-state index contributed by atoms with van der Waals surface area (Å²) in [6.45, 7) is 10.3. The lowest BCUT2D eigenvalue weighted by Gasteiger charge is -2.19. The average Bonchev–Trinajstić information content (AvgIpc) is 2.68. The summed E-state index contributed by atoms with van der Waals surface area (Å²) in [6, 6.07) is 8.18. The van der Waals surface area contributed by atoms with Crippen molar-refractivity contribution in [3.63, 3.8) is 0 Å². The molecule has 1 heterocycles. The second-order valence-electron chi connectivity index (χ2n) is 6.39. The van der Waals surface area contributed by atoms with E-state index in [-0.39, 0.29) is 11.1 Å². The fourth-order valence-corrected chi connectivity index (χ4v) is 2.40. The van der Waals surface area contributed by atoms with E-state index in [0.29, 0.717) is 0 Å². The Morgan fingerprint density at radius 1 is 1.15 bits per heavy atom. The minimum Gasteiger partial charge on any atom is -0.299 e. The van der Waals surface area contributed by atoms with Gasteiger partial charge in [0.05, 0.1) is 11.1 Å². The molecule has 2 rings (SSSR count). The smallest absolute Gasteiger partial charge is 0.275 e. The molecule has 0 atom stereocenters. The van der Waals surface area contributed by atoms with Crippen LogP contribution in [0.25, 0.3) is 11.1 Å². The highest BCUT2D eigenvalue weighted by Gasteiger charge is 2.22. The largest absolute Gasteiger partial charge is 0.299 e. The van der Waals surface area contributed by atoms with Crippen LogP contribution in [0.15, 0.2) is 29.1 Å². The number of aryl methyl sites for hydroxylation is 2. The summed E-state index contributed by atoms with van der Waals surface area (Å²) in [6.07, 6.45) is 1.91. The molecule has 1 aromatic heterocycles. The van der Waals surface area contributed by atoms with E-state index in [1.807, 2.05) is 32.9 Å². The molecule has 0 fully saturated rings. The van der Waals surface area contributed by atoms with Crippen molar-refractivity contribution in [2.24, 2.45) is 0 Å². The first kappa shape index (κ1) is 14.6. The molecule has 0 spiro atoms. The monoisotopic (exact) mass is 272 g/mol. The molecule has 1 N–H and O–H groups in total. The van der Waals surface area contributed by atoms with Crippen molar-refractivity contribution in [3.05, 3.63) is 45.9 Å². The lowest BCUT2D eigenvalue weighted by atomic mass is 10.0. The second kappa shape index (κ2) is 5.31. The summed E-state index contributed by atoms with van der Waals surface area (Å²) < 4.78 is 1.74. The topological polar surface area (TPSA) is 37.8 Å². The molecule has 3 nitrogen and oxygen atoms in total. The Balaban J connectivity index is 2.64. The summed E-state index contributed by atoms with van der Waals surface area (Å²) in [7, 11) is 0. The molecule has 0 aliphatic carbocycles. The van der Waals surface area contributed by atoms with Gasteiger partial charge in [0.1, 0.15) is 0 Å². The summed E-state index contributed by atoms with van der Waals surface area (Å²) >= 11 is 0. The predicted molar refractivity (Wildman–Crippen MR) is 84.2 cm³/mol. The molecular weight excluding hydrogens is 248 g/mol.